The zero-order valence-corrected chi connectivity index (χ0v) is 20.0. The molecule has 3 heterocycles. The van der Waals surface area contributed by atoms with Crippen LogP contribution in [0.25, 0.3) is 0 Å². The SMILES string of the molecule is Cc1nsc(Nc2cncc(C(=O)NC3CN(CCC(F)(F)F)C3)n2)c1C(=O)Nc1ccc(F)c(F)c1. The van der Waals surface area contributed by atoms with E-state index >= 15 is 0 Å². The Morgan fingerprint density at radius 3 is 2.59 bits per heavy atom. The van der Waals surface area contributed by atoms with E-state index in [4.69, 9.17) is 0 Å². The topological polar surface area (TPSA) is 112 Å². The summed E-state index contributed by atoms with van der Waals surface area (Å²) < 4.78 is 67.8. The minimum atomic E-state index is -4.23. The molecule has 0 unspecified atom stereocenters. The second kappa shape index (κ2) is 10.7. The largest absolute Gasteiger partial charge is 0.390 e. The molecule has 15 heteroatoms. The molecule has 9 nitrogen and oxygen atoms in total. The molecule has 0 spiro atoms. The number of aromatic nitrogens is 3. The highest BCUT2D eigenvalue weighted by atomic mass is 32.1. The standard InChI is InChI=1S/C22H20F5N7O2S/c1-11-18(20(36)29-12-2-3-14(23)15(24)6-12)21(37-33-11)32-17-8-28-7-16(31-17)19(35)30-13-9-34(10-13)5-4-22(25,26)27/h2-3,6-8,13H,4-5,9-10H2,1H3,(H,29,36)(H,30,35)(H,31,32). The van der Waals surface area contributed by atoms with Gasteiger partial charge in [0.2, 0.25) is 0 Å². The fourth-order valence-corrected chi connectivity index (χ4v) is 4.33. The Balaban J connectivity index is 1.38. The van der Waals surface area contributed by atoms with Crippen LogP contribution >= 0.6 is 11.5 Å². The molecule has 0 bridgehead atoms. The zero-order chi connectivity index (χ0) is 26.7. The molecule has 1 saturated heterocycles. The monoisotopic (exact) mass is 541 g/mol. The molecule has 37 heavy (non-hydrogen) atoms. The summed E-state index contributed by atoms with van der Waals surface area (Å²) in [6.07, 6.45) is -2.58. The van der Waals surface area contributed by atoms with Crippen molar-refractivity contribution < 1.29 is 31.5 Å². The number of alkyl halides is 3. The number of rotatable bonds is 8. The Morgan fingerprint density at radius 1 is 1.14 bits per heavy atom. The number of halogens is 5. The van der Waals surface area contributed by atoms with E-state index in [1.54, 1.807) is 11.8 Å². The van der Waals surface area contributed by atoms with Gasteiger partial charge in [0.05, 0.1) is 36.1 Å². The van der Waals surface area contributed by atoms with E-state index in [1.165, 1.54) is 18.5 Å². The lowest BCUT2D eigenvalue weighted by atomic mass is 10.1. The number of benzene rings is 1. The molecule has 2 aromatic heterocycles. The van der Waals surface area contributed by atoms with Gasteiger partial charge < -0.3 is 16.0 Å². The van der Waals surface area contributed by atoms with Gasteiger partial charge >= 0.3 is 6.18 Å². The van der Waals surface area contributed by atoms with E-state index in [0.717, 1.165) is 23.7 Å². The van der Waals surface area contributed by atoms with Crippen LogP contribution in [0.15, 0.2) is 30.6 Å². The highest BCUT2D eigenvalue weighted by Gasteiger charge is 2.33. The first-order chi connectivity index (χ1) is 17.5. The molecular formula is C22H20F5N7O2S. The molecule has 3 N–H and O–H groups in total. The average Bonchev–Trinajstić information content (AvgIpc) is 3.17. The van der Waals surface area contributed by atoms with Gasteiger partial charge in [-0.1, -0.05) is 0 Å². The third kappa shape index (κ3) is 6.74. The number of likely N-dealkylation sites (tertiary alicyclic amines) is 1. The molecule has 196 valence electrons. The molecule has 2 amide bonds. The lowest BCUT2D eigenvalue weighted by Gasteiger charge is -2.39. The zero-order valence-electron chi connectivity index (χ0n) is 19.2. The number of hydrogen-bond donors (Lipinski definition) is 3. The Hall–Kier alpha value is -3.72. The average molecular weight is 542 g/mol. The maximum absolute atomic E-state index is 13.5. The molecular weight excluding hydrogens is 521 g/mol. The van der Waals surface area contributed by atoms with Crippen LogP contribution in [0.2, 0.25) is 0 Å². The molecule has 0 atom stereocenters. The van der Waals surface area contributed by atoms with Crippen LogP contribution in [0.1, 0.15) is 33.0 Å². The molecule has 1 aliphatic rings. The highest BCUT2D eigenvalue weighted by Crippen LogP contribution is 2.28. The van der Waals surface area contributed by atoms with Crippen LogP contribution in [0.5, 0.6) is 0 Å². The molecule has 4 rings (SSSR count). The van der Waals surface area contributed by atoms with Gasteiger partial charge in [-0.15, -0.1) is 0 Å². The van der Waals surface area contributed by atoms with E-state index in [0.29, 0.717) is 18.8 Å². The second-order valence-corrected chi connectivity index (χ2v) is 9.04. The summed E-state index contributed by atoms with van der Waals surface area (Å²) in [7, 11) is 0. The van der Waals surface area contributed by atoms with Crippen molar-refractivity contribution >= 4 is 39.9 Å². The summed E-state index contributed by atoms with van der Waals surface area (Å²) in [5, 5.41) is 8.34. The van der Waals surface area contributed by atoms with Crippen molar-refractivity contribution in [3.63, 3.8) is 0 Å². The highest BCUT2D eigenvalue weighted by molar-refractivity contribution is 7.10. The summed E-state index contributed by atoms with van der Waals surface area (Å²) in [4.78, 5) is 35.1. The van der Waals surface area contributed by atoms with Crippen LogP contribution in [-0.2, 0) is 0 Å². The maximum atomic E-state index is 13.5. The lowest BCUT2D eigenvalue weighted by Crippen LogP contribution is -2.59. The number of aryl methyl sites for hydroxylation is 1. The lowest BCUT2D eigenvalue weighted by molar-refractivity contribution is -0.140. The minimum Gasteiger partial charge on any atom is -0.345 e. The van der Waals surface area contributed by atoms with Crippen molar-refractivity contribution in [1.82, 2.24) is 24.6 Å². The molecule has 0 saturated carbocycles. The van der Waals surface area contributed by atoms with Gasteiger partial charge in [0.1, 0.15) is 16.5 Å². The number of nitrogens with zero attached hydrogens (tertiary/aromatic N) is 4. The van der Waals surface area contributed by atoms with Gasteiger partial charge in [-0.2, -0.15) is 17.5 Å². The molecule has 3 aromatic rings. The van der Waals surface area contributed by atoms with Crippen molar-refractivity contribution in [2.75, 3.05) is 30.3 Å². The van der Waals surface area contributed by atoms with E-state index in [9.17, 15) is 31.5 Å². The molecule has 0 radical (unpaired) electrons. The van der Waals surface area contributed by atoms with Crippen LogP contribution in [0.4, 0.5) is 38.5 Å². The summed E-state index contributed by atoms with van der Waals surface area (Å²) >= 11 is 0.950. The quantitative estimate of drug-likeness (QED) is 0.371. The van der Waals surface area contributed by atoms with Crippen LogP contribution < -0.4 is 16.0 Å². The molecule has 1 fully saturated rings. The predicted octanol–water partition coefficient (Wildman–Crippen LogP) is 3.88. The molecule has 1 aliphatic heterocycles. The van der Waals surface area contributed by atoms with Gasteiger partial charge in [-0.3, -0.25) is 19.5 Å². The third-order valence-electron chi connectivity index (χ3n) is 5.38. The Labute approximate surface area is 211 Å². The number of anilines is 3. The number of carbonyl (C=O) groups excluding carboxylic acids is 2. The normalized spacial score (nSPS) is 14.2. The van der Waals surface area contributed by atoms with E-state index in [1.807, 2.05) is 0 Å². The predicted molar refractivity (Wildman–Crippen MR) is 125 cm³/mol. The van der Waals surface area contributed by atoms with Crippen molar-refractivity contribution in [2.24, 2.45) is 0 Å². The van der Waals surface area contributed by atoms with Gasteiger partial charge in [0.15, 0.2) is 11.6 Å². The van der Waals surface area contributed by atoms with Crippen molar-refractivity contribution in [3.05, 3.63) is 59.2 Å². The Bertz CT molecular complexity index is 1310. The molecule has 0 aliphatic carbocycles. The summed E-state index contributed by atoms with van der Waals surface area (Å²) in [5.41, 5.74) is 0.522. The van der Waals surface area contributed by atoms with Gasteiger partial charge in [0, 0.05) is 31.4 Å². The van der Waals surface area contributed by atoms with Crippen LogP contribution in [0.3, 0.4) is 0 Å². The van der Waals surface area contributed by atoms with Crippen LogP contribution in [-0.4, -0.2) is 62.9 Å². The smallest absolute Gasteiger partial charge is 0.345 e. The van der Waals surface area contributed by atoms with Gasteiger partial charge in [0.25, 0.3) is 11.8 Å². The first-order valence-corrected chi connectivity index (χ1v) is 11.7. The van der Waals surface area contributed by atoms with E-state index < -0.39 is 36.0 Å². The number of amides is 2. The number of nitrogens with one attached hydrogen (secondary N) is 3. The van der Waals surface area contributed by atoms with E-state index in [-0.39, 0.29) is 40.4 Å². The Kier molecular flexibility index (Phi) is 7.63. The van der Waals surface area contributed by atoms with Crippen LogP contribution in [0, 0.1) is 18.6 Å². The van der Waals surface area contributed by atoms with Crippen molar-refractivity contribution in [3.8, 4) is 0 Å². The maximum Gasteiger partial charge on any atom is 0.390 e. The van der Waals surface area contributed by atoms with Crippen molar-refractivity contribution in [1.29, 1.82) is 0 Å². The summed E-state index contributed by atoms with van der Waals surface area (Å²) in [6.45, 7) is 2.05. The minimum absolute atomic E-state index is 0.0345. The second-order valence-electron chi connectivity index (χ2n) is 8.26. The number of hydrogen-bond acceptors (Lipinski definition) is 8. The fraction of sp³-hybridized carbons (Fsp3) is 0.318. The molecule has 1 aromatic carbocycles. The summed E-state index contributed by atoms with van der Waals surface area (Å²) in [5.74, 6) is -3.20. The van der Waals surface area contributed by atoms with Gasteiger partial charge in [-0.25, -0.2) is 13.8 Å². The number of carbonyl (C=O) groups is 2. The van der Waals surface area contributed by atoms with E-state index in [2.05, 4.69) is 30.3 Å². The summed E-state index contributed by atoms with van der Waals surface area (Å²) in [6, 6.07) is 2.64. The van der Waals surface area contributed by atoms with Crippen molar-refractivity contribution in [2.45, 2.75) is 25.6 Å². The van der Waals surface area contributed by atoms with Gasteiger partial charge in [-0.05, 0) is 30.6 Å². The first kappa shape index (κ1) is 26.3. The third-order valence-corrected chi connectivity index (χ3v) is 6.23. The fourth-order valence-electron chi connectivity index (χ4n) is 3.53. The first-order valence-electron chi connectivity index (χ1n) is 10.9. The Morgan fingerprint density at radius 2 is 1.89 bits per heavy atom.